The van der Waals surface area contributed by atoms with Crippen molar-refractivity contribution in [2.75, 3.05) is 10.6 Å². The molecule has 3 aromatic rings. The molecule has 184 valence electrons. The van der Waals surface area contributed by atoms with E-state index in [9.17, 15) is 19.5 Å². The Morgan fingerprint density at radius 1 is 1.11 bits per heavy atom. The summed E-state index contributed by atoms with van der Waals surface area (Å²) in [5, 5.41) is 12.8. The molecule has 3 amide bonds. The summed E-state index contributed by atoms with van der Waals surface area (Å²) in [5.41, 5.74) is 12.4. The van der Waals surface area contributed by atoms with E-state index in [1.807, 2.05) is 39.8 Å². The number of phenolic OH excluding ortho intramolecular Hbond substituents is 1. The Morgan fingerprint density at radius 2 is 1.71 bits per heavy atom. The average molecular weight is 496 g/mol. The predicted molar refractivity (Wildman–Crippen MR) is 136 cm³/mol. The normalized spacial score (nSPS) is 12.1. The van der Waals surface area contributed by atoms with Crippen LogP contribution in [0.15, 0.2) is 48.5 Å². The van der Waals surface area contributed by atoms with Crippen LogP contribution in [0.5, 0.6) is 5.75 Å². The van der Waals surface area contributed by atoms with Gasteiger partial charge in [-0.25, -0.2) is 0 Å². The number of amides is 3. The Hall–Kier alpha value is -3.92. The van der Waals surface area contributed by atoms with E-state index in [1.54, 1.807) is 24.3 Å². The van der Waals surface area contributed by atoms with Crippen LogP contribution in [0.4, 0.5) is 11.4 Å². The number of hydrogen-bond donors (Lipinski definition) is 4. The number of nitrogens with one attached hydrogen (secondary N) is 1. The maximum atomic E-state index is 13.9. The fourth-order valence-electron chi connectivity index (χ4n) is 3.39. The van der Waals surface area contributed by atoms with Crippen LogP contribution in [0.3, 0.4) is 0 Å². The smallest absolute Gasteiger partial charge is 0.273 e. The molecule has 0 aliphatic carbocycles. The number of rotatable bonds is 8. The van der Waals surface area contributed by atoms with Crippen LogP contribution < -0.4 is 21.7 Å². The fraction of sp³-hybridized carbons (Fsp3) is 0.280. The van der Waals surface area contributed by atoms with Gasteiger partial charge >= 0.3 is 0 Å². The van der Waals surface area contributed by atoms with Crippen molar-refractivity contribution in [3.8, 4) is 5.75 Å². The van der Waals surface area contributed by atoms with Crippen molar-refractivity contribution in [3.63, 3.8) is 0 Å². The van der Waals surface area contributed by atoms with E-state index in [2.05, 4.69) is 9.69 Å². The number of aromatic nitrogens is 1. The third-order valence-electron chi connectivity index (χ3n) is 5.75. The minimum absolute atomic E-state index is 0.00861. The number of nitrogens with two attached hydrogens (primary N) is 2. The molecule has 0 saturated carbocycles. The molecule has 0 spiro atoms. The number of aromatic hydroxyl groups is 1. The largest absolute Gasteiger partial charge is 0.508 e. The van der Waals surface area contributed by atoms with Crippen LogP contribution in [0.25, 0.3) is 0 Å². The second-order valence-electron chi connectivity index (χ2n) is 8.87. The van der Waals surface area contributed by atoms with Crippen LogP contribution in [0, 0.1) is 6.92 Å². The molecular formula is C25H29N5O4S. The standard InChI is InChI=1S/C25H29N5O4S/c1-5-25(3,4)28-23(33)20(15-8-12-17(31)13-9-15)30(16-10-6-14(2)7-11-16)24(34)21-18(26)19(22(27)32)29-35-21/h6-13,20,31H,5,26H2,1-4H3,(H2,27,32)(H,28,33). The molecule has 2 aromatic carbocycles. The molecular weight excluding hydrogens is 466 g/mol. The SMILES string of the molecule is CCC(C)(C)NC(=O)C(c1ccc(O)cc1)N(C(=O)c1snc(C(N)=O)c1N)c1ccc(C)cc1. The topological polar surface area (TPSA) is 152 Å². The van der Waals surface area contributed by atoms with Crippen molar-refractivity contribution in [1.82, 2.24) is 9.69 Å². The molecule has 1 aromatic heterocycles. The molecule has 0 saturated heterocycles. The molecule has 0 aliphatic rings. The lowest BCUT2D eigenvalue weighted by Crippen LogP contribution is -2.50. The Labute approximate surface area is 207 Å². The van der Waals surface area contributed by atoms with E-state index < -0.39 is 29.3 Å². The summed E-state index contributed by atoms with van der Waals surface area (Å²) in [6.07, 6.45) is 0.656. The fourth-order valence-corrected chi connectivity index (χ4v) is 4.13. The number of aryl methyl sites for hydroxylation is 1. The van der Waals surface area contributed by atoms with E-state index in [-0.39, 0.29) is 22.0 Å². The Kier molecular flexibility index (Phi) is 7.45. The van der Waals surface area contributed by atoms with Crippen LogP contribution in [-0.2, 0) is 4.79 Å². The second kappa shape index (κ2) is 10.1. The summed E-state index contributed by atoms with van der Waals surface area (Å²) in [4.78, 5) is 40.7. The highest BCUT2D eigenvalue weighted by Crippen LogP contribution is 2.34. The van der Waals surface area contributed by atoms with E-state index >= 15 is 0 Å². The number of hydrogen-bond acceptors (Lipinski definition) is 7. The van der Waals surface area contributed by atoms with Crippen LogP contribution in [0.2, 0.25) is 0 Å². The summed E-state index contributed by atoms with van der Waals surface area (Å²) in [5.74, 6) is -1.86. The molecule has 1 atom stereocenters. The van der Waals surface area contributed by atoms with Crippen LogP contribution in [0.1, 0.15) is 64.5 Å². The zero-order valence-corrected chi connectivity index (χ0v) is 20.8. The lowest BCUT2D eigenvalue weighted by molar-refractivity contribution is -0.124. The number of anilines is 2. The van der Waals surface area contributed by atoms with E-state index in [1.165, 1.54) is 17.0 Å². The van der Waals surface area contributed by atoms with Crippen molar-refractivity contribution in [2.45, 2.75) is 45.7 Å². The molecule has 3 rings (SSSR count). The summed E-state index contributed by atoms with van der Waals surface area (Å²) in [7, 11) is 0. The number of carbonyl (C=O) groups excluding carboxylic acids is 3. The molecule has 0 aliphatic heterocycles. The van der Waals surface area contributed by atoms with Gasteiger partial charge in [0.2, 0.25) is 5.91 Å². The quantitative estimate of drug-likeness (QED) is 0.375. The van der Waals surface area contributed by atoms with Crippen molar-refractivity contribution >= 4 is 40.6 Å². The van der Waals surface area contributed by atoms with Gasteiger partial charge in [-0.3, -0.25) is 19.3 Å². The van der Waals surface area contributed by atoms with Crippen molar-refractivity contribution < 1.29 is 19.5 Å². The predicted octanol–water partition coefficient (Wildman–Crippen LogP) is 3.53. The minimum atomic E-state index is -1.12. The van der Waals surface area contributed by atoms with Gasteiger partial charge in [0.25, 0.3) is 11.8 Å². The maximum Gasteiger partial charge on any atom is 0.273 e. The molecule has 10 heteroatoms. The first-order chi connectivity index (χ1) is 16.4. The summed E-state index contributed by atoms with van der Waals surface area (Å²) >= 11 is 0.744. The molecule has 0 fully saturated rings. The number of phenols is 1. The molecule has 35 heavy (non-hydrogen) atoms. The van der Waals surface area contributed by atoms with Gasteiger partial charge < -0.3 is 21.9 Å². The summed E-state index contributed by atoms with van der Waals surface area (Å²) in [6.45, 7) is 7.63. The summed E-state index contributed by atoms with van der Waals surface area (Å²) in [6, 6.07) is 12.0. The number of benzene rings is 2. The average Bonchev–Trinajstić information content (AvgIpc) is 3.20. The third-order valence-corrected chi connectivity index (χ3v) is 6.60. The van der Waals surface area contributed by atoms with Crippen molar-refractivity contribution in [1.29, 1.82) is 0 Å². The lowest BCUT2D eigenvalue weighted by atomic mass is 9.98. The van der Waals surface area contributed by atoms with Gasteiger partial charge in [0, 0.05) is 11.2 Å². The summed E-state index contributed by atoms with van der Waals surface area (Å²) < 4.78 is 3.95. The Morgan fingerprint density at radius 3 is 2.23 bits per heavy atom. The lowest BCUT2D eigenvalue weighted by Gasteiger charge is -2.34. The van der Waals surface area contributed by atoms with Gasteiger partial charge in [-0.2, -0.15) is 4.37 Å². The molecule has 1 heterocycles. The van der Waals surface area contributed by atoms with Gasteiger partial charge in [0.1, 0.15) is 16.7 Å². The molecule has 0 radical (unpaired) electrons. The molecule has 1 unspecified atom stereocenters. The third kappa shape index (κ3) is 5.60. The van der Waals surface area contributed by atoms with Gasteiger partial charge in [-0.1, -0.05) is 36.8 Å². The van der Waals surface area contributed by atoms with Crippen molar-refractivity contribution in [3.05, 3.63) is 70.2 Å². The molecule has 0 bridgehead atoms. The number of primary amides is 1. The zero-order chi connectivity index (χ0) is 25.9. The van der Waals surface area contributed by atoms with E-state index in [4.69, 9.17) is 11.5 Å². The van der Waals surface area contributed by atoms with Crippen LogP contribution >= 0.6 is 11.5 Å². The van der Waals surface area contributed by atoms with Gasteiger partial charge in [0.05, 0.1) is 5.69 Å². The van der Waals surface area contributed by atoms with Crippen LogP contribution in [-0.4, -0.2) is 32.7 Å². The van der Waals surface area contributed by atoms with Gasteiger partial charge in [-0.15, -0.1) is 0 Å². The second-order valence-corrected chi connectivity index (χ2v) is 9.64. The maximum absolute atomic E-state index is 13.9. The minimum Gasteiger partial charge on any atom is -0.508 e. The first-order valence-electron chi connectivity index (χ1n) is 11.0. The van der Waals surface area contributed by atoms with E-state index in [0.717, 1.165) is 17.1 Å². The molecule has 9 nitrogen and oxygen atoms in total. The number of nitrogens with zero attached hydrogens (tertiary/aromatic N) is 2. The first-order valence-corrected chi connectivity index (χ1v) is 11.8. The monoisotopic (exact) mass is 495 g/mol. The highest BCUT2D eigenvalue weighted by Gasteiger charge is 2.37. The van der Waals surface area contributed by atoms with Crippen molar-refractivity contribution in [2.24, 2.45) is 5.73 Å². The van der Waals surface area contributed by atoms with Gasteiger partial charge in [-0.05, 0) is 68.6 Å². The Bertz CT molecular complexity index is 1240. The zero-order valence-electron chi connectivity index (χ0n) is 20.0. The van der Waals surface area contributed by atoms with E-state index in [0.29, 0.717) is 17.7 Å². The highest BCUT2D eigenvalue weighted by atomic mass is 32.1. The number of carbonyl (C=O) groups is 3. The number of nitrogen functional groups attached to an aromatic ring is 1. The first kappa shape index (κ1) is 25.7. The molecule has 6 N–H and O–H groups in total. The van der Waals surface area contributed by atoms with Gasteiger partial charge in [0.15, 0.2) is 5.69 Å². The Balaban J connectivity index is 2.22. The highest BCUT2D eigenvalue weighted by molar-refractivity contribution is 7.09.